The number of carboxylic acids is 1. The van der Waals surface area contributed by atoms with Crippen molar-refractivity contribution in [2.45, 2.75) is 13.0 Å². The zero-order chi connectivity index (χ0) is 19.1. The minimum absolute atomic E-state index is 0.379. The highest BCUT2D eigenvalue weighted by atomic mass is 16.5. The molecular formula is C21H26N2O4. The third kappa shape index (κ3) is 5.37. The molecule has 1 aliphatic rings. The molecule has 0 radical (unpaired) electrons. The van der Waals surface area contributed by atoms with E-state index in [4.69, 9.17) is 14.6 Å². The Morgan fingerprint density at radius 3 is 2.59 bits per heavy atom. The number of aliphatic carboxylic acids is 1. The van der Waals surface area contributed by atoms with Crippen LogP contribution >= 0.6 is 0 Å². The van der Waals surface area contributed by atoms with Crippen LogP contribution in [0, 0.1) is 0 Å². The molecule has 0 atom stereocenters. The maximum Gasteiger partial charge on any atom is 0.341 e. The Kier molecular flexibility index (Phi) is 6.54. The van der Waals surface area contributed by atoms with E-state index in [0.717, 1.165) is 44.7 Å². The van der Waals surface area contributed by atoms with Crippen LogP contribution in [0.1, 0.15) is 12.0 Å². The molecule has 1 saturated heterocycles. The van der Waals surface area contributed by atoms with Crippen molar-refractivity contribution in [3.63, 3.8) is 0 Å². The number of carboxylic acid groups (broad SMARTS) is 1. The summed E-state index contributed by atoms with van der Waals surface area (Å²) in [6.07, 6.45) is 1.10. The number of hydrogen-bond acceptors (Lipinski definition) is 5. The SMILES string of the molecule is COc1ccc(CN2CCCN(c3ccccc3)CC2)cc1OCC(=O)O. The molecule has 2 aromatic carbocycles. The number of benzene rings is 2. The van der Waals surface area contributed by atoms with E-state index in [2.05, 4.69) is 34.1 Å². The van der Waals surface area contributed by atoms with Gasteiger partial charge < -0.3 is 19.5 Å². The van der Waals surface area contributed by atoms with E-state index in [1.807, 2.05) is 24.3 Å². The molecule has 0 unspecified atom stereocenters. The highest BCUT2D eigenvalue weighted by Gasteiger charge is 2.16. The number of hydrogen-bond donors (Lipinski definition) is 1. The Morgan fingerprint density at radius 2 is 1.85 bits per heavy atom. The van der Waals surface area contributed by atoms with Gasteiger partial charge in [0, 0.05) is 38.4 Å². The molecule has 1 aliphatic heterocycles. The molecule has 0 amide bonds. The second-order valence-electron chi connectivity index (χ2n) is 6.62. The van der Waals surface area contributed by atoms with Gasteiger partial charge in [-0.1, -0.05) is 24.3 Å². The maximum absolute atomic E-state index is 10.8. The standard InChI is InChI=1S/C21H26N2O4/c1-26-19-9-8-17(14-20(19)27-16-21(24)25)15-22-10-5-11-23(13-12-22)18-6-3-2-4-7-18/h2-4,6-9,14H,5,10-13,15-16H2,1H3,(H,24,25). The zero-order valence-corrected chi connectivity index (χ0v) is 15.6. The summed E-state index contributed by atoms with van der Waals surface area (Å²) in [4.78, 5) is 15.6. The van der Waals surface area contributed by atoms with Crippen molar-refractivity contribution in [3.8, 4) is 11.5 Å². The normalized spacial score (nSPS) is 15.2. The van der Waals surface area contributed by atoms with Gasteiger partial charge in [0.25, 0.3) is 0 Å². The quantitative estimate of drug-likeness (QED) is 0.809. The average Bonchev–Trinajstić information content (AvgIpc) is 2.93. The average molecular weight is 370 g/mol. The van der Waals surface area contributed by atoms with Gasteiger partial charge in [-0.05, 0) is 36.2 Å². The summed E-state index contributed by atoms with van der Waals surface area (Å²) in [5.74, 6) is 0.0141. The third-order valence-corrected chi connectivity index (χ3v) is 4.70. The zero-order valence-electron chi connectivity index (χ0n) is 15.6. The number of para-hydroxylation sites is 1. The molecule has 0 bridgehead atoms. The van der Waals surface area contributed by atoms with Crippen LogP contribution in [0.15, 0.2) is 48.5 Å². The van der Waals surface area contributed by atoms with Crippen molar-refractivity contribution in [1.29, 1.82) is 0 Å². The van der Waals surface area contributed by atoms with E-state index in [0.29, 0.717) is 11.5 Å². The van der Waals surface area contributed by atoms with Crippen LogP contribution in [0.25, 0.3) is 0 Å². The van der Waals surface area contributed by atoms with Gasteiger partial charge in [0.1, 0.15) is 0 Å². The molecule has 6 nitrogen and oxygen atoms in total. The Balaban J connectivity index is 1.63. The van der Waals surface area contributed by atoms with Gasteiger partial charge in [-0.3, -0.25) is 4.90 Å². The fraction of sp³-hybridized carbons (Fsp3) is 0.381. The Bertz CT molecular complexity index is 751. The molecule has 2 aromatic rings. The molecule has 1 heterocycles. The predicted molar refractivity (Wildman–Crippen MR) is 105 cm³/mol. The fourth-order valence-corrected chi connectivity index (χ4v) is 3.36. The van der Waals surface area contributed by atoms with Crippen molar-refractivity contribution < 1.29 is 19.4 Å². The van der Waals surface area contributed by atoms with Gasteiger partial charge in [0.05, 0.1) is 7.11 Å². The minimum Gasteiger partial charge on any atom is -0.493 e. The summed E-state index contributed by atoms with van der Waals surface area (Å²) in [6, 6.07) is 16.2. The van der Waals surface area contributed by atoms with Gasteiger partial charge in [0.2, 0.25) is 0 Å². The summed E-state index contributed by atoms with van der Waals surface area (Å²) in [7, 11) is 1.55. The van der Waals surface area contributed by atoms with E-state index in [1.165, 1.54) is 5.69 Å². The van der Waals surface area contributed by atoms with Gasteiger partial charge in [-0.25, -0.2) is 4.79 Å². The molecule has 1 fully saturated rings. The second-order valence-corrected chi connectivity index (χ2v) is 6.62. The Hall–Kier alpha value is -2.73. The van der Waals surface area contributed by atoms with Crippen LogP contribution in [0.5, 0.6) is 11.5 Å². The molecule has 0 aromatic heterocycles. The molecule has 144 valence electrons. The smallest absolute Gasteiger partial charge is 0.341 e. The number of anilines is 1. The number of rotatable bonds is 7. The summed E-state index contributed by atoms with van der Waals surface area (Å²) in [5.41, 5.74) is 2.36. The number of ether oxygens (including phenoxy) is 2. The first-order chi connectivity index (χ1) is 13.2. The lowest BCUT2D eigenvalue weighted by Crippen LogP contribution is -2.30. The summed E-state index contributed by atoms with van der Waals surface area (Å²) in [6.45, 7) is 4.47. The molecular weight excluding hydrogens is 344 g/mol. The van der Waals surface area contributed by atoms with Gasteiger partial charge in [-0.15, -0.1) is 0 Å². The lowest BCUT2D eigenvalue weighted by Gasteiger charge is -2.24. The molecule has 1 N–H and O–H groups in total. The van der Waals surface area contributed by atoms with Crippen LogP contribution in [-0.2, 0) is 11.3 Å². The van der Waals surface area contributed by atoms with Crippen molar-refractivity contribution in [1.82, 2.24) is 4.90 Å². The topological polar surface area (TPSA) is 62.2 Å². The predicted octanol–water partition coefficient (Wildman–Crippen LogP) is 2.87. The van der Waals surface area contributed by atoms with Crippen LogP contribution in [0.4, 0.5) is 5.69 Å². The summed E-state index contributed by atoms with van der Waals surface area (Å²) < 4.78 is 10.6. The Labute approximate surface area is 159 Å². The van der Waals surface area contributed by atoms with E-state index in [9.17, 15) is 4.79 Å². The first-order valence-electron chi connectivity index (χ1n) is 9.19. The first-order valence-corrected chi connectivity index (χ1v) is 9.19. The van der Waals surface area contributed by atoms with Gasteiger partial charge >= 0.3 is 5.97 Å². The van der Waals surface area contributed by atoms with Crippen molar-refractivity contribution in [3.05, 3.63) is 54.1 Å². The first kappa shape index (κ1) is 19.0. The number of methoxy groups -OCH3 is 1. The number of nitrogens with zero attached hydrogens (tertiary/aromatic N) is 2. The lowest BCUT2D eigenvalue weighted by molar-refractivity contribution is -0.139. The van der Waals surface area contributed by atoms with Crippen LogP contribution in [0.2, 0.25) is 0 Å². The van der Waals surface area contributed by atoms with Crippen molar-refractivity contribution >= 4 is 11.7 Å². The molecule has 3 rings (SSSR count). The monoisotopic (exact) mass is 370 g/mol. The minimum atomic E-state index is -1.00. The van der Waals surface area contributed by atoms with Crippen LogP contribution in [-0.4, -0.2) is 55.9 Å². The van der Waals surface area contributed by atoms with E-state index in [-0.39, 0.29) is 6.61 Å². The van der Waals surface area contributed by atoms with E-state index >= 15 is 0 Å². The highest BCUT2D eigenvalue weighted by Crippen LogP contribution is 2.29. The van der Waals surface area contributed by atoms with E-state index < -0.39 is 5.97 Å². The fourth-order valence-electron chi connectivity index (χ4n) is 3.36. The molecule has 0 aliphatic carbocycles. The molecule has 0 spiro atoms. The Morgan fingerprint density at radius 1 is 1.04 bits per heavy atom. The second kappa shape index (κ2) is 9.28. The summed E-state index contributed by atoms with van der Waals surface area (Å²) >= 11 is 0. The lowest BCUT2D eigenvalue weighted by atomic mass is 10.2. The van der Waals surface area contributed by atoms with Crippen molar-refractivity contribution in [2.24, 2.45) is 0 Å². The highest BCUT2D eigenvalue weighted by molar-refractivity contribution is 5.68. The largest absolute Gasteiger partial charge is 0.493 e. The maximum atomic E-state index is 10.8. The third-order valence-electron chi connectivity index (χ3n) is 4.70. The number of carbonyl (C=O) groups is 1. The molecule has 6 heteroatoms. The van der Waals surface area contributed by atoms with Crippen LogP contribution < -0.4 is 14.4 Å². The van der Waals surface area contributed by atoms with Crippen molar-refractivity contribution in [2.75, 3.05) is 44.8 Å². The molecule has 27 heavy (non-hydrogen) atoms. The van der Waals surface area contributed by atoms with E-state index in [1.54, 1.807) is 7.11 Å². The summed E-state index contributed by atoms with van der Waals surface area (Å²) in [5, 5.41) is 8.84. The molecule has 0 saturated carbocycles. The van der Waals surface area contributed by atoms with Crippen LogP contribution in [0.3, 0.4) is 0 Å². The van der Waals surface area contributed by atoms with Gasteiger partial charge in [0.15, 0.2) is 18.1 Å². The van der Waals surface area contributed by atoms with Gasteiger partial charge in [-0.2, -0.15) is 0 Å².